The average Bonchev–Trinajstić information content (AvgIpc) is 2.36. The van der Waals surface area contributed by atoms with Crippen LogP contribution in [-0.2, 0) is 11.2 Å². The van der Waals surface area contributed by atoms with Crippen molar-refractivity contribution in [2.45, 2.75) is 25.8 Å². The van der Waals surface area contributed by atoms with Crippen molar-refractivity contribution >= 4 is 21.8 Å². The van der Waals surface area contributed by atoms with Gasteiger partial charge in [-0.15, -0.1) is 0 Å². The van der Waals surface area contributed by atoms with Crippen molar-refractivity contribution in [1.82, 2.24) is 5.32 Å². The molecule has 0 saturated carbocycles. The molecule has 1 aromatic carbocycles. The standard InChI is InChI=1S/C13H18BrNO3/c1-9(8-16)15-13(17)6-4-10-3-5-12(18-2)11(14)7-10/h3,5,7,9,16H,4,6,8H2,1-2H3,(H,15,17). The van der Waals surface area contributed by atoms with Gasteiger partial charge in [-0.2, -0.15) is 0 Å². The summed E-state index contributed by atoms with van der Waals surface area (Å²) in [4.78, 5) is 11.5. The van der Waals surface area contributed by atoms with Gasteiger partial charge in [-0.05, 0) is 47.0 Å². The molecule has 1 atom stereocenters. The number of rotatable bonds is 6. The molecule has 18 heavy (non-hydrogen) atoms. The van der Waals surface area contributed by atoms with E-state index in [2.05, 4.69) is 21.2 Å². The predicted octanol–water partition coefficient (Wildman–Crippen LogP) is 1.89. The molecule has 0 fully saturated rings. The van der Waals surface area contributed by atoms with Crippen molar-refractivity contribution in [3.8, 4) is 5.75 Å². The van der Waals surface area contributed by atoms with Gasteiger partial charge >= 0.3 is 0 Å². The number of aryl methyl sites for hydroxylation is 1. The summed E-state index contributed by atoms with van der Waals surface area (Å²) in [5, 5.41) is 11.5. The quantitative estimate of drug-likeness (QED) is 0.842. The zero-order valence-electron chi connectivity index (χ0n) is 10.6. The molecule has 1 aromatic rings. The molecule has 100 valence electrons. The number of carbonyl (C=O) groups is 1. The molecule has 0 heterocycles. The number of ether oxygens (including phenoxy) is 1. The first-order valence-electron chi connectivity index (χ1n) is 5.79. The van der Waals surface area contributed by atoms with Gasteiger partial charge in [-0.3, -0.25) is 4.79 Å². The lowest BCUT2D eigenvalue weighted by atomic mass is 10.1. The molecule has 5 heteroatoms. The highest BCUT2D eigenvalue weighted by Gasteiger charge is 2.07. The second kappa shape index (κ2) is 7.38. The number of methoxy groups -OCH3 is 1. The minimum absolute atomic E-state index is 0.0418. The summed E-state index contributed by atoms with van der Waals surface area (Å²) in [5.41, 5.74) is 1.06. The van der Waals surface area contributed by atoms with Crippen LogP contribution < -0.4 is 10.1 Å². The zero-order chi connectivity index (χ0) is 13.5. The molecule has 0 aromatic heterocycles. The monoisotopic (exact) mass is 315 g/mol. The van der Waals surface area contributed by atoms with Crippen LogP contribution in [0.25, 0.3) is 0 Å². The Morgan fingerprint density at radius 2 is 2.28 bits per heavy atom. The number of nitrogens with one attached hydrogen (secondary N) is 1. The van der Waals surface area contributed by atoms with Gasteiger partial charge in [0.15, 0.2) is 0 Å². The molecule has 1 amide bonds. The molecule has 0 aliphatic carbocycles. The Balaban J connectivity index is 2.48. The van der Waals surface area contributed by atoms with E-state index in [1.807, 2.05) is 18.2 Å². The van der Waals surface area contributed by atoms with Crippen LogP contribution in [0.5, 0.6) is 5.75 Å². The van der Waals surface area contributed by atoms with E-state index in [1.54, 1.807) is 14.0 Å². The molecular weight excluding hydrogens is 298 g/mol. The molecule has 0 aliphatic rings. The number of aliphatic hydroxyl groups is 1. The third kappa shape index (κ3) is 4.66. The fourth-order valence-electron chi connectivity index (χ4n) is 1.52. The van der Waals surface area contributed by atoms with Crippen molar-refractivity contribution in [1.29, 1.82) is 0 Å². The smallest absolute Gasteiger partial charge is 0.220 e. The first-order valence-corrected chi connectivity index (χ1v) is 6.58. The van der Waals surface area contributed by atoms with Gasteiger partial charge in [0, 0.05) is 12.5 Å². The minimum Gasteiger partial charge on any atom is -0.496 e. The Labute approximate surface area is 115 Å². The number of hydrogen-bond donors (Lipinski definition) is 2. The highest BCUT2D eigenvalue weighted by Crippen LogP contribution is 2.25. The van der Waals surface area contributed by atoms with Crippen LogP contribution in [0, 0.1) is 0 Å². The Morgan fingerprint density at radius 3 is 2.83 bits per heavy atom. The van der Waals surface area contributed by atoms with E-state index >= 15 is 0 Å². The van der Waals surface area contributed by atoms with E-state index in [-0.39, 0.29) is 18.6 Å². The van der Waals surface area contributed by atoms with E-state index in [0.29, 0.717) is 12.8 Å². The average molecular weight is 316 g/mol. The van der Waals surface area contributed by atoms with Crippen LogP contribution in [0.2, 0.25) is 0 Å². The van der Waals surface area contributed by atoms with Crippen molar-refractivity contribution in [3.05, 3.63) is 28.2 Å². The van der Waals surface area contributed by atoms with Gasteiger partial charge in [0.2, 0.25) is 5.91 Å². The van der Waals surface area contributed by atoms with Crippen molar-refractivity contribution in [3.63, 3.8) is 0 Å². The van der Waals surface area contributed by atoms with Crippen LogP contribution in [0.1, 0.15) is 18.9 Å². The highest BCUT2D eigenvalue weighted by molar-refractivity contribution is 9.10. The second-order valence-corrected chi connectivity index (χ2v) is 4.97. The Morgan fingerprint density at radius 1 is 1.56 bits per heavy atom. The van der Waals surface area contributed by atoms with E-state index in [0.717, 1.165) is 15.8 Å². The maximum Gasteiger partial charge on any atom is 0.220 e. The second-order valence-electron chi connectivity index (χ2n) is 4.12. The van der Waals surface area contributed by atoms with Gasteiger partial charge in [-0.25, -0.2) is 0 Å². The molecule has 0 radical (unpaired) electrons. The van der Waals surface area contributed by atoms with Gasteiger partial charge in [0.05, 0.1) is 18.2 Å². The highest BCUT2D eigenvalue weighted by atomic mass is 79.9. The van der Waals surface area contributed by atoms with E-state index in [9.17, 15) is 4.79 Å². The van der Waals surface area contributed by atoms with Gasteiger partial charge in [0.25, 0.3) is 0 Å². The number of carbonyl (C=O) groups excluding carboxylic acids is 1. The normalized spacial score (nSPS) is 12.0. The summed E-state index contributed by atoms with van der Waals surface area (Å²) in [7, 11) is 1.61. The minimum atomic E-state index is -0.194. The molecule has 1 unspecified atom stereocenters. The summed E-state index contributed by atoms with van der Waals surface area (Å²) in [5.74, 6) is 0.723. The SMILES string of the molecule is COc1ccc(CCC(=O)NC(C)CO)cc1Br. The number of halogens is 1. The maximum atomic E-state index is 11.5. The number of aliphatic hydroxyl groups excluding tert-OH is 1. The summed E-state index contributed by atoms with van der Waals surface area (Å²) in [6.07, 6.45) is 1.07. The summed E-state index contributed by atoms with van der Waals surface area (Å²) in [6, 6.07) is 5.56. The number of benzene rings is 1. The van der Waals surface area contributed by atoms with Crippen LogP contribution in [0.4, 0.5) is 0 Å². The summed E-state index contributed by atoms with van der Waals surface area (Å²) < 4.78 is 6.02. The molecule has 1 rings (SSSR count). The third-order valence-electron chi connectivity index (χ3n) is 2.54. The van der Waals surface area contributed by atoms with Crippen molar-refractivity contribution in [2.24, 2.45) is 0 Å². The fourth-order valence-corrected chi connectivity index (χ4v) is 2.10. The first kappa shape index (κ1) is 15.0. The number of amides is 1. The topological polar surface area (TPSA) is 58.6 Å². The lowest BCUT2D eigenvalue weighted by Gasteiger charge is -2.11. The van der Waals surface area contributed by atoms with Gasteiger partial charge < -0.3 is 15.2 Å². The molecule has 0 spiro atoms. The Hall–Kier alpha value is -1.07. The van der Waals surface area contributed by atoms with E-state index in [1.165, 1.54) is 0 Å². The molecule has 0 saturated heterocycles. The summed E-state index contributed by atoms with van der Waals surface area (Å²) >= 11 is 3.41. The lowest BCUT2D eigenvalue weighted by molar-refractivity contribution is -0.121. The summed E-state index contributed by atoms with van der Waals surface area (Å²) in [6.45, 7) is 1.72. The molecule has 0 bridgehead atoms. The maximum absolute atomic E-state index is 11.5. The molecule has 4 nitrogen and oxygen atoms in total. The van der Waals surface area contributed by atoms with Gasteiger partial charge in [-0.1, -0.05) is 6.07 Å². The Kier molecular flexibility index (Phi) is 6.15. The van der Waals surface area contributed by atoms with Crippen molar-refractivity contribution < 1.29 is 14.6 Å². The molecule has 0 aliphatic heterocycles. The molecule has 2 N–H and O–H groups in total. The van der Waals surface area contributed by atoms with Crippen molar-refractivity contribution in [2.75, 3.05) is 13.7 Å². The predicted molar refractivity (Wildman–Crippen MR) is 73.7 cm³/mol. The largest absolute Gasteiger partial charge is 0.496 e. The van der Waals surface area contributed by atoms with Gasteiger partial charge in [0.1, 0.15) is 5.75 Å². The third-order valence-corrected chi connectivity index (χ3v) is 3.16. The van der Waals surface area contributed by atoms with Crippen LogP contribution in [0.3, 0.4) is 0 Å². The lowest BCUT2D eigenvalue weighted by Crippen LogP contribution is -2.35. The van der Waals surface area contributed by atoms with Crippen LogP contribution >= 0.6 is 15.9 Å². The zero-order valence-corrected chi connectivity index (χ0v) is 12.2. The molecular formula is C13H18BrNO3. The van der Waals surface area contributed by atoms with Crippen LogP contribution in [-0.4, -0.2) is 30.8 Å². The fraction of sp³-hybridized carbons (Fsp3) is 0.462. The Bertz CT molecular complexity index is 409. The van der Waals surface area contributed by atoms with Crippen LogP contribution in [0.15, 0.2) is 22.7 Å². The first-order chi connectivity index (χ1) is 8.56. The van der Waals surface area contributed by atoms with E-state index in [4.69, 9.17) is 9.84 Å². The number of hydrogen-bond acceptors (Lipinski definition) is 3. The van der Waals surface area contributed by atoms with E-state index < -0.39 is 0 Å².